The zero-order chi connectivity index (χ0) is 13.7. The van der Waals surface area contributed by atoms with Crippen LogP contribution in [0.15, 0.2) is 22.7 Å². The molecule has 1 unspecified atom stereocenters. The number of hydrogen-bond acceptors (Lipinski definition) is 2. The summed E-state index contributed by atoms with van der Waals surface area (Å²) in [5, 5.41) is 0. The highest BCUT2D eigenvalue weighted by atomic mass is 79.9. The number of ether oxygens (including phenoxy) is 1. The Hall–Kier alpha value is -0.940. The molecule has 1 amide bonds. The van der Waals surface area contributed by atoms with Crippen LogP contribution in [0, 0.1) is 5.82 Å². The van der Waals surface area contributed by atoms with Crippen molar-refractivity contribution >= 4 is 21.8 Å². The summed E-state index contributed by atoms with van der Waals surface area (Å²) >= 11 is 3.08. The highest BCUT2D eigenvalue weighted by molar-refractivity contribution is 9.10. The van der Waals surface area contributed by atoms with Gasteiger partial charge in [0, 0.05) is 19.2 Å². The van der Waals surface area contributed by atoms with Gasteiger partial charge in [0.1, 0.15) is 5.82 Å². The van der Waals surface area contributed by atoms with Crippen LogP contribution in [0.4, 0.5) is 4.39 Å². The number of hydrogen-bond donors (Lipinski definition) is 0. The van der Waals surface area contributed by atoms with Crippen LogP contribution < -0.4 is 0 Å². The van der Waals surface area contributed by atoms with E-state index in [1.54, 1.807) is 12.0 Å². The van der Waals surface area contributed by atoms with E-state index >= 15 is 0 Å². The van der Waals surface area contributed by atoms with E-state index in [4.69, 9.17) is 4.74 Å². The lowest BCUT2D eigenvalue weighted by Gasteiger charge is -2.27. The number of nitrogens with zero attached hydrogens (tertiary/aromatic N) is 1. The molecule has 100 valence electrons. The second kappa shape index (κ2) is 6.85. The predicted molar refractivity (Wildman–Crippen MR) is 72.1 cm³/mol. The van der Waals surface area contributed by atoms with Crippen LogP contribution >= 0.6 is 15.9 Å². The first-order valence-electron chi connectivity index (χ1n) is 5.76. The Morgan fingerprint density at radius 1 is 1.56 bits per heavy atom. The minimum atomic E-state index is -0.375. The van der Waals surface area contributed by atoms with E-state index in [2.05, 4.69) is 15.9 Å². The first kappa shape index (κ1) is 15.1. The van der Waals surface area contributed by atoms with Crippen molar-refractivity contribution in [2.75, 3.05) is 20.3 Å². The van der Waals surface area contributed by atoms with Crippen molar-refractivity contribution in [1.29, 1.82) is 0 Å². The molecule has 0 aliphatic rings. The number of rotatable bonds is 5. The fourth-order valence-electron chi connectivity index (χ4n) is 1.78. The Morgan fingerprint density at radius 2 is 2.22 bits per heavy atom. The van der Waals surface area contributed by atoms with Crippen LogP contribution in [0.2, 0.25) is 0 Å². The van der Waals surface area contributed by atoms with Gasteiger partial charge in [-0.05, 0) is 48.0 Å². The number of halogens is 2. The zero-order valence-electron chi connectivity index (χ0n) is 10.7. The zero-order valence-corrected chi connectivity index (χ0v) is 12.3. The summed E-state index contributed by atoms with van der Waals surface area (Å²) in [5.74, 6) is -0.498. The van der Waals surface area contributed by atoms with E-state index in [0.717, 1.165) is 0 Å². The van der Waals surface area contributed by atoms with Crippen molar-refractivity contribution in [2.45, 2.75) is 19.9 Å². The van der Waals surface area contributed by atoms with Gasteiger partial charge < -0.3 is 9.64 Å². The molecule has 18 heavy (non-hydrogen) atoms. The number of methoxy groups -OCH3 is 1. The first-order valence-corrected chi connectivity index (χ1v) is 6.55. The molecular weight excluding hydrogens is 301 g/mol. The highest BCUT2D eigenvalue weighted by Crippen LogP contribution is 2.18. The molecule has 0 saturated heterocycles. The van der Waals surface area contributed by atoms with Crippen molar-refractivity contribution < 1.29 is 13.9 Å². The van der Waals surface area contributed by atoms with Crippen molar-refractivity contribution in [3.63, 3.8) is 0 Å². The third-order valence-electron chi connectivity index (χ3n) is 2.71. The molecular formula is C13H17BrFNO2. The van der Waals surface area contributed by atoms with Gasteiger partial charge in [-0.15, -0.1) is 0 Å². The van der Waals surface area contributed by atoms with Crippen molar-refractivity contribution in [1.82, 2.24) is 4.90 Å². The molecule has 1 aromatic carbocycles. The topological polar surface area (TPSA) is 29.5 Å². The lowest BCUT2D eigenvalue weighted by Crippen LogP contribution is -2.40. The van der Waals surface area contributed by atoms with Crippen LogP contribution in [-0.4, -0.2) is 37.1 Å². The van der Waals surface area contributed by atoms with Gasteiger partial charge in [-0.25, -0.2) is 4.39 Å². The van der Waals surface area contributed by atoms with Gasteiger partial charge in [0.2, 0.25) is 0 Å². The van der Waals surface area contributed by atoms with Gasteiger partial charge in [-0.1, -0.05) is 0 Å². The van der Waals surface area contributed by atoms with E-state index < -0.39 is 0 Å². The first-order chi connectivity index (χ1) is 8.51. The maximum atomic E-state index is 13.1. The Kier molecular flexibility index (Phi) is 5.75. The smallest absolute Gasteiger partial charge is 0.254 e. The van der Waals surface area contributed by atoms with E-state index in [1.165, 1.54) is 18.2 Å². The molecule has 1 atom stereocenters. The fourth-order valence-corrected chi connectivity index (χ4v) is 2.16. The molecule has 0 aromatic heterocycles. The Morgan fingerprint density at radius 3 is 2.72 bits per heavy atom. The average Bonchev–Trinajstić information content (AvgIpc) is 2.33. The summed E-state index contributed by atoms with van der Waals surface area (Å²) in [6.07, 6.45) is 0. The number of likely N-dealkylation sites (N-methyl/N-ethyl adjacent to an activating group) is 1. The van der Waals surface area contributed by atoms with Gasteiger partial charge in [0.15, 0.2) is 0 Å². The molecule has 0 spiro atoms. The monoisotopic (exact) mass is 317 g/mol. The molecule has 0 bridgehead atoms. The van der Waals surface area contributed by atoms with Gasteiger partial charge >= 0.3 is 0 Å². The number of carbonyl (C=O) groups excluding carboxylic acids is 1. The lowest BCUT2D eigenvalue weighted by molar-refractivity contribution is 0.0579. The van der Waals surface area contributed by atoms with E-state index in [0.29, 0.717) is 23.2 Å². The maximum absolute atomic E-state index is 13.1. The molecule has 1 aromatic rings. The Labute approximate surface area is 115 Å². The van der Waals surface area contributed by atoms with Crippen molar-refractivity contribution in [3.05, 3.63) is 34.1 Å². The third kappa shape index (κ3) is 3.53. The van der Waals surface area contributed by atoms with Gasteiger partial charge in [0.05, 0.1) is 17.1 Å². The number of benzene rings is 1. The van der Waals surface area contributed by atoms with Gasteiger partial charge in [-0.3, -0.25) is 4.79 Å². The molecule has 0 fully saturated rings. The molecule has 0 aliphatic heterocycles. The standard InChI is InChI=1S/C13H17BrFNO2/c1-4-16(9(2)8-18-3)13(17)10-5-6-12(15)11(14)7-10/h5-7,9H,4,8H2,1-3H3. The van der Waals surface area contributed by atoms with E-state index in [9.17, 15) is 9.18 Å². The summed E-state index contributed by atoms with van der Waals surface area (Å²) < 4.78 is 18.5. The summed E-state index contributed by atoms with van der Waals surface area (Å²) in [4.78, 5) is 14.0. The summed E-state index contributed by atoms with van der Waals surface area (Å²) in [7, 11) is 1.60. The quantitative estimate of drug-likeness (QED) is 0.835. The van der Waals surface area contributed by atoms with E-state index in [1.807, 2.05) is 13.8 Å². The molecule has 1 rings (SSSR count). The summed E-state index contributed by atoms with van der Waals surface area (Å²) in [6, 6.07) is 4.26. The summed E-state index contributed by atoms with van der Waals surface area (Å²) in [6.45, 7) is 4.88. The normalized spacial score (nSPS) is 12.3. The molecule has 0 N–H and O–H groups in total. The minimum Gasteiger partial charge on any atom is -0.383 e. The van der Waals surface area contributed by atoms with Crippen LogP contribution in [0.25, 0.3) is 0 Å². The Bertz CT molecular complexity index is 425. The molecule has 5 heteroatoms. The summed E-state index contributed by atoms with van der Waals surface area (Å²) in [5.41, 5.74) is 0.466. The van der Waals surface area contributed by atoms with Gasteiger partial charge in [-0.2, -0.15) is 0 Å². The highest BCUT2D eigenvalue weighted by Gasteiger charge is 2.20. The largest absolute Gasteiger partial charge is 0.383 e. The lowest BCUT2D eigenvalue weighted by atomic mass is 10.1. The maximum Gasteiger partial charge on any atom is 0.254 e. The average molecular weight is 318 g/mol. The molecule has 0 radical (unpaired) electrons. The molecule has 0 heterocycles. The second-order valence-corrected chi connectivity index (χ2v) is 4.88. The van der Waals surface area contributed by atoms with Crippen molar-refractivity contribution in [3.8, 4) is 0 Å². The van der Waals surface area contributed by atoms with Crippen LogP contribution in [0.3, 0.4) is 0 Å². The van der Waals surface area contributed by atoms with E-state index in [-0.39, 0.29) is 17.8 Å². The number of carbonyl (C=O) groups is 1. The second-order valence-electron chi connectivity index (χ2n) is 4.02. The molecule has 0 aliphatic carbocycles. The van der Waals surface area contributed by atoms with Crippen LogP contribution in [0.5, 0.6) is 0 Å². The number of amides is 1. The third-order valence-corrected chi connectivity index (χ3v) is 3.32. The van der Waals surface area contributed by atoms with Gasteiger partial charge in [0.25, 0.3) is 5.91 Å². The van der Waals surface area contributed by atoms with Crippen molar-refractivity contribution in [2.24, 2.45) is 0 Å². The minimum absolute atomic E-state index is 0.0173. The van der Waals surface area contributed by atoms with Crippen LogP contribution in [-0.2, 0) is 4.74 Å². The SMILES string of the molecule is CCN(C(=O)c1ccc(F)c(Br)c1)C(C)COC. The molecule has 0 saturated carbocycles. The Balaban J connectivity index is 2.92. The predicted octanol–water partition coefficient (Wildman–Crippen LogP) is 3.09. The van der Waals surface area contributed by atoms with Crippen LogP contribution in [0.1, 0.15) is 24.2 Å². The fraction of sp³-hybridized carbons (Fsp3) is 0.462. The molecule has 3 nitrogen and oxygen atoms in total.